The van der Waals surface area contributed by atoms with Gasteiger partial charge >= 0.3 is 12.0 Å². The number of carbonyl (C=O) groups is 6. The van der Waals surface area contributed by atoms with Crippen LogP contribution in [0, 0.1) is 29.1 Å². The number of ether oxygens (including phenoxy) is 1. The van der Waals surface area contributed by atoms with Crippen molar-refractivity contribution in [2.75, 3.05) is 6.54 Å². The molecule has 0 aromatic heterocycles. The Morgan fingerprint density at radius 3 is 2.12 bits per heavy atom. The summed E-state index contributed by atoms with van der Waals surface area (Å²) in [5.74, 6) is -3.81. The highest BCUT2D eigenvalue weighted by atomic mass is 16.6. The van der Waals surface area contributed by atoms with Crippen LogP contribution in [-0.2, 0) is 28.7 Å². The number of nitrogens with zero attached hydrogens (tertiary/aromatic N) is 1. The molecule has 0 radical (unpaired) electrons. The van der Waals surface area contributed by atoms with Crippen molar-refractivity contribution in [3.8, 4) is 0 Å². The Kier molecular flexibility index (Phi) is 9.48. The van der Waals surface area contributed by atoms with E-state index in [1.807, 2.05) is 13.8 Å². The third-order valence-corrected chi connectivity index (χ3v) is 8.53. The zero-order valence-electron chi connectivity index (χ0n) is 26.0. The first-order chi connectivity index (χ1) is 19.3. The topological polar surface area (TPSA) is 177 Å². The minimum atomic E-state index is -1.13. The zero-order chi connectivity index (χ0) is 31.9. The highest BCUT2D eigenvalue weighted by Crippen LogP contribution is 2.65. The average Bonchev–Trinajstić information content (AvgIpc) is 3.70. The molecular weight excluding hydrogens is 542 g/mol. The van der Waals surface area contributed by atoms with Crippen LogP contribution in [0.2, 0.25) is 0 Å². The molecule has 12 nitrogen and oxygen atoms in total. The second-order valence-corrected chi connectivity index (χ2v) is 14.0. The number of carbonyl (C=O) groups excluding carboxylic acids is 6. The van der Waals surface area contributed by atoms with E-state index in [9.17, 15) is 28.8 Å². The number of nitrogens with one attached hydrogen (secondary N) is 3. The predicted molar refractivity (Wildman–Crippen MR) is 154 cm³/mol. The zero-order valence-corrected chi connectivity index (χ0v) is 26.0. The van der Waals surface area contributed by atoms with Crippen molar-refractivity contribution in [2.45, 2.75) is 104 Å². The number of hydrogen-bond acceptors (Lipinski definition) is 7. The molecule has 5 N–H and O–H groups in total. The molecule has 1 aliphatic heterocycles. The molecule has 3 rings (SSSR count). The van der Waals surface area contributed by atoms with Gasteiger partial charge in [-0.25, -0.2) is 9.59 Å². The highest BCUT2D eigenvalue weighted by Gasteiger charge is 2.69. The largest absolute Gasteiger partial charge is 0.458 e. The van der Waals surface area contributed by atoms with Crippen molar-refractivity contribution in [3.05, 3.63) is 12.2 Å². The normalized spacial score (nSPS) is 24.5. The number of primary amides is 1. The highest BCUT2D eigenvalue weighted by molar-refractivity contribution is 6.37. The van der Waals surface area contributed by atoms with E-state index in [2.05, 4.69) is 22.5 Å². The second kappa shape index (κ2) is 12.0. The monoisotopic (exact) mass is 589 g/mol. The number of Topliss-reactive ketones (excluding diaryl/α,β-unsaturated/α-hetero) is 1. The molecular formula is C30H47N5O7. The van der Waals surface area contributed by atoms with E-state index in [4.69, 9.17) is 10.5 Å². The Hall–Kier alpha value is -3.44. The van der Waals surface area contributed by atoms with Gasteiger partial charge in [0.2, 0.25) is 17.6 Å². The van der Waals surface area contributed by atoms with Crippen LogP contribution in [-0.4, -0.2) is 76.7 Å². The number of rotatable bonds is 12. The molecule has 0 spiro atoms. The van der Waals surface area contributed by atoms with Crippen LogP contribution < -0.4 is 21.7 Å². The standard InChI is InChI=1S/C30H47N5O7/c1-14(2)20(33-28(41)34-21(15(3)4)27(40)42-29(5,6)7)26(39)35-13-17-19(30(17,8)9)22(35)25(38)32-18(12-16-10-11-16)23(36)24(31)37/h14,16-22H,3,10-13H2,1-2,4-9H3,(H2,31,37)(H,32,38)(H2,33,34,41)/t17-,18?,19-,20-,21-,22-/m0/s1. The van der Waals surface area contributed by atoms with Crippen LogP contribution in [0.3, 0.4) is 0 Å². The number of fused-ring (bicyclic) bond motifs is 1. The van der Waals surface area contributed by atoms with E-state index in [1.165, 1.54) is 4.90 Å². The molecule has 12 heteroatoms. The van der Waals surface area contributed by atoms with E-state index >= 15 is 0 Å². The van der Waals surface area contributed by atoms with E-state index < -0.39 is 65.3 Å². The van der Waals surface area contributed by atoms with E-state index in [1.54, 1.807) is 41.5 Å². The number of urea groups is 1. The maximum absolute atomic E-state index is 13.9. The summed E-state index contributed by atoms with van der Waals surface area (Å²) in [5, 5.41) is 7.95. The van der Waals surface area contributed by atoms with Gasteiger partial charge in [0.25, 0.3) is 5.91 Å². The first-order valence-corrected chi connectivity index (χ1v) is 14.7. The van der Waals surface area contributed by atoms with Gasteiger partial charge in [-0.2, -0.15) is 0 Å². The minimum absolute atomic E-state index is 0.0625. The number of likely N-dealkylation sites (tertiary alicyclic amines) is 1. The van der Waals surface area contributed by atoms with Crippen LogP contribution in [0.4, 0.5) is 4.79 Å². The number of amides is 5. The van der Waals surface area contributed by atoms with Crippen molar-refractivity contribution in [1.82, 2.24) is 20.9 Å². The Balaban J connectivity index is 1.77. The molecule has 5 amide bonds. The van der Waals surface area contributed by atoms with Gasteiger partial charge in [0.1, 0.15) is 23.7 Å². The summed E-state index contributed by atoms with van der Waals surface area (Å²) >= 11 is 0. The second-order valence-electron chi connectivity index (χ2n) is 14.0. The summed E-state index contributed by atoms with van der Waals surface area (Å²) in [6.45, 7) is 18.4. The van der Waals surface area contributed by atoms with Gasteiger partial charge in [0, 0.05) is 6.54 Å². The quantitative estimate of drug-likeness (QED) is 0.151. The van der Waals surface area contributed by atoms with Crippen molar-refractivity contribution < 1.29 is 33.5 Å². The molecule has 2 saturated carbocycles. The van der Waals surface area contributed by atoms with Gasteiger partial charge in [0.15, 0.2) is 0 Å². The predicted octanol–water partition coefficient (Wildman–Crippen LogP) is 1.42. The van der Waals surface area contributed by atoms with Crippen LogP contribution in [0.25, 0.3) is 0 Å². The van der Waals surface area contributed by atoms with Crippen LogP contribution in [0.15, 0.2) is 12.2 Å². The number of hydrogen-bond donors (Lipinski definition) is 4. The molecule has 234 valence electrons. The van der Waals surface area contributed by atoms with Crippen LogP contribution >= 0.6 is 0 Å². The Labute approximate surface area is 247 Å². The maximum atomic E-state index is 13.9. The van der Waals surface area contributed by atoms with E-state index in [-0.39, 0.29) is 29.1 Å². The lowest BCUT2D eigenvalue weighted by molar-refractivity contribution is -0.156. The molecule has 0 aromatic rings. The molecule has 6 atom stereocenters. The number of esters is 1. The smallest absolute Gasteiger partial charge is 0.333 e. The maximum Gasteiger partial charge on any atom is 0.333 e. The fourth-order valence-electron chi connectivity index (χ4n) is 5.91. The molecule has 0 aromatic carbocycles. The molecule has 2 aliphatic carbocycles. The van der Waals surface area contributed by atoms with Gasteiger partial charge in [-0.1, -0.05) is 47.1 Å². The first kappa shape index (κ1) is 33.1. The van der Waals surface area contributed by atoms with Crippen molar-refractivity contribution in [3.63, 3.8) is 0 Å². The van der Waals surface area contributed by atoms with Crippen molar-refractivity contribution in [1.29, 1.82) is 0 Å². The molecule has 1 saturated heterocycles. The summed E-state index contributed by atoms with van der Waals surface area (Å²) in [7, 11) is 0. The van der Waals surface area contributed by atoms with E-state index in [0.29, 0.717) is 18.5 Å². The molecule has 1 unspecified atom stereocenters. The van der Waals surface area contributed by atoms with Gasteiger partial charge in [-0.05, 0) is 68.8 Å². The molecule has 42 heavy (non-hydrogen) atoms. The lowest BCUT2D eigenvalue weighted by atomic mass is 9.96. The third kappa shape index (κ3) is 7.49. The van der Waals surface area contributed by atoms with Crippen molar-refractivity contribution >= 4 is 35.5 Å². The fourth-order valence-corrected chi connectivity index (χ4v) is 5.91. The summed E-state index contributed by atoms with van der Waals surface area (Å²) in [4.78, 5) is 79.0. The molecule has 3 aliphatic rings. The third-order valence-electron chi connectivity index (χ3n) is 8.53. The Morgan fingerprint density at radius 2 is 1.64 bits per heavy atom. The summed E-state index contributed by atoms with van der Waals surface area (Å²) in [5.41, 5.74) is 4.64. The lowest BCUT2D eigenvalue weighted by Crippen LogP contribution is -2.60. The Morgan fingerprint density at radius 1 is 1.05 bits per heavy atom. The average molecular weight is 590 g/mol. The summed E-state index contributed by atoms with van der Waals surface area (Å²) in [6.07, 6.45) is 2.14. The first-order valence-electron chi connectivity index (χ1n) is 14.7. The van der Waals surface area contributed by atoms with Crippen molar-refractivity contribution in [2.24, 2.45) is 34.8 Å². The number of nitrogens with two attached hydrogens (primary N) is 1. The number of ketones is 1. The van der Waals surface area contributed by atoms with Crippen LogP contribution in [0.5, 0.6) is 0 Å². The molecule has 1 heterocycles. The van der Waals surface area contributed by atoms with Gasteiger partial charge < -0.3 is 31.3 Å². The number of piperidine rings is 1. The molecule has 3 fully saturated rings. The van der Waals surface area contributed by atoms with Crippen LogP contribution in [0.1, 0.15) is 74.7 Å². The van der Waals surface area contributed by atoms with E-state index in [0.717, 1.165) is 12.8 Å². The fraction of sp³-hybridized carbons (Fsp3) is 0.733. The summed E-state index contributed by atoms with van der Waals surface area (Å²) < 4.78 is 5.40. The lowest BCUT2D eigenvalue weighted by Gasteiger charge is -2.35. The van der Waals surface area contributed by atoms with Gasteiger partial charge in [-0.3, -0.25) is 19.2 Å². The Bertz CT molecular complexity index is 1150. The van der Waals surface area contributed by atoms with Gasteiger partial charge in [0.05, 0.1) is 6.04 Å². The summed E-state index contributed by atoms with van der Waals surface area (Å²) in [6, 6.07) is -4.83. The van der Waals surface area contributed by atoms with Gasteiger partial charge in [-0.15, -0.1) is 0 Å². The minimum Gasteiger partial charge on any atom is -0.458 e. The molecule has 0 bridgehead atoms. The SMILES string of the molecule is C=C(C)[C@H](NC(=O)N[C@H](C(=O)N1C[C@H]2[C@@H]([C@H]1C(=O)NC(CC1CC1)C(=O)C(N)=O)C2(C)C)C(C)C)C(=O)OC(C)(C)C.